The molecule has 0 aliphatic heterocycles. The first-order valence-electron chi connectivity index (χ1n) is 13.7. The summed E-state index contributed by atoms with van der Waals surface area (Å²) in [6.45, 7) is 6.28. The van der Waals surface area contributed by atoms with E-state index in [1.807, 2.05) is 54.0 Å². The Morgan fingerprint density at radius 3 is 2.43 bits per heavy atom. The maximum atomic E-state index is 13.0. The van der Waals surface area contributed by atoms with E-state index in [2.05, 4.69) is 52.8 Å². The fourth-order valence-corrected chi connectivity index (χ4v) is 5.84. The van der Waals surface area contributed by atoms with Gasteiger partial charge >= 0.3 is 6.03 Å². The molecule has 0 unspecified atom stereocenters. The molecule has 0 spiro atoms. The van der Waals surface area contributed by atoms with Gasteiger partial charge in [0, 0.05) is 18.5 Å². The molecular formula is C31H31Cl2N7O2. The predicted octanol–water partition coefficient (Wildman–Crippen LogP) is 7.51. The van der Waals surface area contributed by atoms with E-state index in [1.165, 1.54) is 0 Å². The third-order valence-corrected chi connectivity index (χ3v) is 8.10. The van der Waals surface area contributed by atoms with Gasteiger partial charge in [-0.2, -0.15) is 5.10 Å². The van der Waals surface area contributed by atoms with Crippen LogP contribution in [0.15, 0.2) is 66.9 Å². The summed E-state index contributed by atoms with van der Waals surface area (Å²) >= 11 is 12.9. The first-order valence-corrected chi connectivity index (χ1v) is 14.5. The number of benzene rings is 2. The van der Waals surface area contributed by atoms with Crippen LogP contribution in [-0.2, 0) is 12.5 Å². The minimum absolute atomic E-state index is 0.117. The molecule has 5 aromatic rings. The van der Waals surface area contributed by atoms with Crippen molar-refractivity contribution in [1.29, 1.82) is 0 Å². The molecule has 9 nitrogen and oxygen atoms in total. The van der Waals surface area contributed by atoms with Gasteiger partial charge in [0.05, 0.1) is 33.5 Å². The normalized spacial score (nSPS) is 16.7. The fraction of sp³-hybridized carbons (Fsp3) is 0.290. The summed E-state index contributed by atoms with van der Waals surface area (Å²) in [5, 5.41) is 20.2. The highest BCUT2D eigenvalue weighted by Gasteiger charge is 2.30. The van der Waals surface area contributed by atoms with E-state index >= 15 is 0 Å². The van der Waals surface area contributed by atoms with Crippen molar-refractivity contribution >= 4 is 40.7 Å². The van der Waals surface area contributed by atoms with E-state index in [4.69, 9.17) is 27.9 Å². The number of aromatic nitrogens is 5. The van der Waals surface area contributed by atoms with Crippen molar-refractivity contribution in [2.24, 2.45) is 7.05 Å². The Morgan fingerprint density at radius 1 is 0.976 bits per heavy atom. The van der Waals surface area contributed by atoms with Gasteiger partial charge in [0.25, 0.3) is 0 Å². The quantitative estimate of drug-likeness (QED) is 0.216. The number of nitrogens with one attached hydrogen (secondary N) is 2. The number of halogens is 2. The number of aryl methyl sites for hydroxylation is 1. The summed E-state index contributed by atoms with van der Waals surface area (Å²) in [5.41, 5.74) is 4.11. The van der Waals surface area contributed by atoms with Gasteiger partial charge in [-0.1, -0.05) is 74.3 Å². The summed E-state index contributed by atoms with van der Waals surface area (Å²) < 4.78 is 10.0. The Labute approximate surface area is 253 Å². The lowest BCUT2D eigenvalue weighted by Gasteiger charge is -2.32. The van der Waals surface area contributed by atoms with Crippen molar-refractivity contribution in [1.82, 2.24) is 29.7 Å². The number of rotatable bonds is 5. The second-order valence-electron chi connectivity index (χ2n) is 11.5. The number of amides is 2. The number of anilines is 1. The highest BCUT2D eigenvalue weighted by molar-refractivity contribution is 6.39. The van der Waals surface area contributed by atoms with Crippen molar-refractivity contribution in [3.8, 4) is 17.1 Å². The van der Waals surface area contributed by atoms with Crippen LogP contribution in [0.1, 0.15) is 62.6 Å². The molecule has 216 valence electrons. The number of urea groups is 1. The molecule has 0 radical (unpaired) electrons. The Bertz CT molecular complexity index is 1770. The number of hydrogen-bond donors (Lipinski definition) is 2. The maximum Gasteiger partial charge on any atom is 0.320 e. The molecule has 1 aliphatic carbocycles. The number of ether oxygens (including phenoxy) is 1. The van der Waals surface area contributed by atoms with E-state index in [0.29, 0.717) is 51.5 Å². The number of carbonyl (C=O) groups is 1. The first kappa shape index (κ1) is 28.1. The third kappa shape index (κ3) is 5.42. The largest absolute Gasteiger partial charge is 0.484 e. The molecule has 11 heteroatoms. The molecule has 42 heavy (non-hydrogen) atoms. The van der Waals surface area contributed by atoms with Crippen LogP contribution in [0, 0.1) is 0 Å². The average molecular weight is 605 g/mol. The molecule has 3 aromatic heterocycles. The molecule has 2 aromatic carbocycles. The molecule has 0 saturated heterocycles. The monoisotopic (exact) mass is 603 g/mol. The van der Waals surface area contributed by atoms with E-state index in [1.54, 1.807) is 22.9 Å². The van der Waals surface area contributed by atoms with Crippen LogP contribution in [0.4, 0.5) is 10.6 Å². The molecule has 0 fully saturated rings. The number of carbonyl (C=O) groups excluding carboxylic acids is 1. The molecule has 3 heterocycles. The number of hydrogen-bond acceptors (Lipinski definition) is 5. The van der Waals surface area contributed by atoms with Crippen molar-refractivity contribution in [3.63, 3.8) is 0 Å². The number of pyridine rings is 1. The van der Waals surface area contributed by atoms with Gasteiger partial charge in [-0.25, -0.2) is 4.79 Å². The maximum absolute atomic E-state index is 13.0. The van der Waals surface area contributed by atoms with Crippen LogP contribution in [0.3, 0.4) is 0 Å². The molecule has 0 saturated carbocycles. The Morgan fingerprint density at radius 2 is 1.71 bits per heavy atom. The second kappa shape index (κ2) is 11.0. The zero-order valence-electron chi connectivity index (χ0n) is 23.7. The minimum atomic E-state index is -0.276. The summed E-state index contributed by atoms with van der Waals surface area (Å²) in [4.78, 5) is 13.0. The summed E-state index contributed by atoms with van der Waals surface area (Å²) in [7, 11) is 1.83. The predicted molar refractivity (Wildman–Crippen MR) is 164 cm³/mol. The van der Waals surface area contributed by atoms with E-state index in [-0.39, 0.29) is 23.6 Å². The Hall–Kier alpha value is -4.08. The molecule has 6 rings (SSSR count). The van der Waals surface area contributed by atoms with E-state index in [0.717, 1.165) is 16.8 Å². The Kier molecular flexibility index (Phi) is 7.32. The molecule has 2 N–H and O–H groups in total. The smallest absolute Gasteiger partial charge is 0.320 e. The molecule has 1 aliphatic rings. The van der Waals surface area contributed by atoms with Crippen molar-refractivity contribution in [2.45, 2.75) is 51.2 Å². The zero-order valence-corrected chi connectivity index (χ0v) is 25.2. The minimum Gasteiger partial charge on any atom is -0.484 e. The fourth-order valence-electron chi connectivity index (χ4n) is 5.27. The zero-order chi connectivity index (χ0) is 29.6. The van der Waals surface area contributed by atoms with Crippen LogP contribution in [0.25, 0.3) is 17.0 Å². The third-order valence-electron chi connectivity index (χ3n) is 7.47. The number of fused-ring (bicyclic) bond motifs is 2. The molecule has 2 amide bonds. The lowest BCUT2D eigenvalue weighted by molar-refractivity contribution is 0.171. The van der Waals surface area contributed by atoms with Crippen molar-refractivity contribution < 1.29 is 9.53 Å². The van der Waals surface area contributed by atoms with Gasteiger partial charge < -0.3 is 10.1 Å². The van der Waals surface area contributed by atoms with Crippen molar-refractivity contribution in [2.75, 3.05) is 5.32 Å². The van der Waals surface area contributed by atoms with Crippen molar-refractivity contribution in [3.05, 3.63) is 93.7 Å². The van der Waals surface area contributed by atoms with Gasteiger partial charge in [0.2, 0.25) is 0 Å². The first-order chi connectivity index (χ1) is 20.1. The summed E-state index contributed by atoms with van der Waals surface area (Å²) in [6.07, 6.45) is 3.08. The summed E-state index contributed by atoms with van der Waals surface area (Å²) in [6, 6.07) is 18.6. The average Bonchev–Trinajstić information content (AvgIpc) is 3.53. The lowest BCUT2D eigenvalue weighted by Crippen LogP contribution is -2.36. The van der Waals surface area contributed by atoms with Crippen LogP contribution in [0.2, 0.25) is 10.0 Å². The standard InChI is InChI=1S/C31H31Cl2N7O2/c1-31(2,3)25-16-27(39(4)38-25)35-30(41)34-23-13-14-24(20-9-6-5-8-19(20)23)42-18-12-15-26-36-37-29(40(26)17-18)28-21(32)10-7-11-22(28)33/h5-12,15-17,23-24H,13-14H2,1-4H3,(H2,34,35,41)/t23-,24+/m0/s1. The Balaban J connectivity index is 1.21. The highest BCUT2D eigenvalue weighted by atomic mass is 35.5. The van der Waals surface area contributed by atoms with Gasteiger partial charge in [0.1, 0.15) is 17.7 Å². The topological polar surface area (TPSA) is 98.4 Å². The van der Waals surface area contributed by atoms with Gasteiger partial charge in [-0.15, -0.1) is 10.2 Å². The van der Waals surface area contributed by atoms with Crippen LogP contribution in [-0.4, -0.2) is 30.4 Å². The van der Waals surface area contributed by atoms with Crippen LogP contribution in [0.5, 0.6) is 5.75 Å². The highest BCUT2D eigenvalue weighted by Crippen LogP contribution is 2.39. The molecule has 2 atom stereocenters. The van der Waals surface area contributed by atoms with Crippen LogP contribution >= 0.6 is 23.2 Å². The van der Waals surface area contributed by atoms with Gasteiger partial charge in [0.15, 0.2) is 11.5 Å². The lowest BCUT2D eigenvalue weighted by atomic mass is 9.85. The summed E-state index contributed by atoms with van der Waals surface area (Å²) in [5.74, 6) is 1.83. The second-order valence-corrected chi connectivity index (χ2v) is 12.3. The van der Waals surface area contributed by atoms with Gasteiger partial charge in [-0.05, 0) is 48.2 Å². The van der Waals surface area contributed by atoms with Crippen LogP contribution < -0.4 is 15.4 Å². The van der Waals surface area contributed by atoms with E-state index < -0.39 is 0 Å². The van der Waals surface area contributed by atoms with Gasteiger partial charge in [-0.3, -0.25) is 14.4 Å². The molecular weight excluding hydrogens is 573 g/mol. The molecule has 0 bridgehead atoms. The SMILES string of the molecule is Cn1nc(C(C)(C)C)cc1NC(=O)N[C@H]1CC[C@@H](Oc2ccc3nnc(-c4c(Cl)cccc4Cl)n3c2)c2ccccc21. The van der Waals surface area contributed by atoms with E-state index in [9.17, 15) is 4.79 Å². The number of nitrogens with zero attached hydrogens (tertiary/aromatic N) is 5.